The number of hydrogen-bond acceptors (Lipinski definition) is 6. The lowest BCUT2D eigenvalue weighted by molar-refractivity contribution is -0.534. The molecule has 0 bridgehead atoms. The quantitative estimate of drug-likeness (QED) is 0.350. The summed E-state index contributed by atoms with van der Waals surface area (Å²) in [6.45, 7) is 0.253. The van der Waals surface area contributed by atoms with Crippen LogP contribution in [0.15, 0.2) is 65.1 Å². The maximum atomic E-state index is 14.1. The molecule has 2 aliphatic rings. The van der Waals surface area contributed by atoms with E-state index in [2.05, 4.69) is 21.2 Å². The minimum absolute atomic E-state index is 0.0231. The van der Waals surface area contributed by atoms with Crippen LogP contribution in [0.25, 0.3) is 0 Å². The van der Waals surface area contributed by atoms with Crippen molar-refractivity contribution in [2.45, 2.75) is 24.1 Å². The number of likely N-dealkylation sites (tertiary alicyclic amines) is 1. The molecule has 0 aromatic heterocycles. The van der Waals surface area contributed by atoms with E-state index in [0.29, 0.717) is 38.3 Å². The molecule has 5 rings (SSSR count). The molecule has 186 valence electrons. The van der Waals surface area contributed by atoms with Crippen molar-refractivity contribution in [3.8, 4) is 11.5 Å². The monoisotopic (exact) mass is 555 g/mol. The fourth-order valence-corrected chi connectivity index (χ4v) is 6.01. The first-order chi connectivity index (χ1) is 17.3. The largest absolute Gasteiger partial charge is 0.493 e. The van der Waals surface area contributed by atoms with Crippen molar-refractivity contribution in [1.29, 1.82) is 0 Å². The summed E-state index contributed by atoms with van der Waals surface area (Å²) in [5.74, 6) is -0.712. The molecule has 2 aliphatic heterocycles. The van der Waals surface area contributed by atoms with E-state index in [4.69, 9.17) is 9.47 Å². The van der Waals surface area contributed by atoms with Crippen molar-refractivity contribution in [1.82, 2.24) is 4.90 Å². The summed E-state index contributed by atoms with van der Waals surface area (Å²) in [6, 6.07) is 15.6. The first-order valence-corrected chi connectivity index (χ1v) is 12.1. The molecule has 10 heteroatoms. The van der Waals surface area contributed by atoms with Gasteiger partial charge in [-0.3, -0.25) is 19.8 Å². The maximum Gasteiger partial charge on any atom is 0.256 e. The Labute approximate surface area is 215 Å². The zero-order chi connectivity index (χ0) is 25.6. The summed E-state index contributed by atoms with van der Waals surface area (Å²) in [5, 5.41) is 15.4. The molecule has 1 spiro atoms. The van der Waals surface area contributed by atoms with E-state index in [1.54, 1.807) is 66.5 Å². The maximum absolute atomic E-state index is 14.1. The number of fused-ring (bicyclic) bond motifs is 2. The van der Waals surface area contributed by atoms with Gasteiger partial charge in [0.2, 0.25) is 0 Å². The molecule has 3 aromatic rings. The van der Waals surface area contributed by atoms with Gasteiger partial charge in [-0.05, 0) is 52.8 Å². The fourth-order valence-electron chi connectivity index (χ4n) is 5.44. The minimum atomic E-state index is -1.44. The van der Waals surface area contributed by atoms with Gasteiger partial charge in [0.1, 0.15) is 12.4 Å². The molecule has 0 saturated carbocycles. The lowest BCUT2D eigenvalue weighted by Crippen LogP contribution is -2.54. The number of nitrogens with one attached hydrogen (secondary N) is 1. The van der Waals surface area contributed by atoms with Gasteiger partial charge in [-0.2, -0.15) is 0 Å². The lowest BCUT2D eigenvalue weighted by atomic mass is 9.79. The number of nitrogens with zero attached hydrogens (tertiary/aromatic N) is 2. The fraction of sp³-hybridized carbons (Fsp3) is 0.269. The Morgan fingerprint density at radius 1 is 1.22 bits per heavy atom. The van der Waals surface area contributed by atoms with E-state index < -0.39 is 23.4 Å². The normalized spacial score (nSPS) is 22.9. The van der Waals surface area contributed by atoms with Gasteiger partial charge in [0.15, 0.2) is 17.0 Å². The average molecular weight is 556 g/mol. The van der Waals surface area contributed by atoms with Crippen LogP contribution in [-0.4, -0.2) is 42.5 Å². The van der Waals surface area contributed by atoms with Crippen molar-refractivity contribution >= 4 is 27.5 Å². The molecule has 0 radical (unpaired) electrons. The van der Waals surface area contributed by atoms with Gasteiger partial charge in [-0.15, -0.1) is 0 Å². The van der Waals surface area contributed by atoms with E-state index >= 15 is 0 Å². The predicted molar refractivity (Wildman–Crippen MR) is 134 cm³/mol. The van der Waals surface area contributed by atoms with Crippen molar-refractivity contribution in [3.05, 3.63) is 97.8 Å². The molecule has 1 saturated heterocycles. The second-order valence-corrected chi connectivity index (χ2v) is 9.75. The van der Waals surface area contributed by atoms with Crippen molar-refractivity contribution < 1.29 is 23.6 Å². The SMILES string of the molecule is COc1cc([C@@H]2CN(C)[C@]3(C(=O)Nc4ccccc43)[C@H]2[N+](=O)[O-])cc(Br)c1OCc1ccccc1F. The van der Waals surface area contributed by atoms with Gasteiger partial charge >= 0.3 is 0 Å². The number of methoxy groups -OCH3 is 1. The molecule has 1 fully saturated rings. The Kier molecular flexibility index (Phi) is 6.17. The van der Waals surface area contributed by atoms with Crippen LogP contribution in [0.1, 0.15) is 22.6 Å². The van der Waals surface area contributed by atoms with Gasteiger partial charge in [-0.1, -0.05) is 36.4 Å². The van der Waals surface area contributed by atoms with Crippen LogP contribution in [0.2, 0.25) is 0 Å². The number of carbonyl (C=O) groups excluding carboxylic acids is 1. The highest BCUT2D eigenvalue weighted by Crippen LogP contribution is 2.53. The van der Waals surface area contributed by atoms with Crippen LogP contribution >= 0.6 is 15.9 Å². The molecular weight excluding hydrogens is 533 g/mol. The van der Waals surface area contributed by atoms with E-state index in [0.717, 1.165) is 0 Å². The number of nitro groups is 1. The molecule has 0 aliphatic carbocycles. The van der Waals surface area contributed by atoms with Crippen LogP contribution < -0.4 is 14.8 Å². The number of halogens is 2. The van der Waals surface area contributed by atoms with E-state index in [1.807, 2.05) is 0 Å². The second kappa shape index (κ2) is 9.18. The first kappa shape index (κ1) is 24.2. The van der Waals surface area contributed by atoms with Gasteiger partial charge in [-0.25, -0.2) is 4.39 Å². The Morgan fingerprint density at radius 2 is 1.94 bits per heavy atom. The minimum Gasteiger partial charge on any atom is -0.493 e. The summed E-state index contributed by atoms with van der Waals surface area (Å²) in [4.78, 5) is 27.2. The Balaban J connectivity index is 1.54. The standard InChI is InChI=1S/C26H23BrFN3O5/c1-30-13-17(24(31(33)34)26(30)18-8-4-6-10-21(18)29-25(26)32)16-11-19(27)23(22(12-16)35-2)36-14-15-7-3-5-9-20(15)28/h3-12,17,24H,13-14H2,1-2H3,(H,29,32)/t17-,24-,26-/m0/s1. The van der Waals surface area contributed by atoms with Crippen molar-refractivity contribution in [3.63, 3.8) is 0 Å². The summed E-state index contributed by atoms with van der Waals surface area (Å²) in [5.41, 5.74) is 0.744. The average Bonchev–Trinajstić information content (AvgIpc) is 3.33. The molecule has 3 atom stereocenters. The number of carbonyl (C=O) groups is 1. The third-order valence-corrected chi connectivity index (χ3v) is 7.64. The molecule has 3 aromatic carbocycles. The number of rotatable bonds is 6. The number of para-hydroxylation sites is 1. The highest BCUT2D eigenvalue weighted by atomic mass is 79.9. The zero-order valence-electron chi connectivity index (χ0n) is 19.5. The molecule has 0 unspecified atom stereocenters. The van der Waals surface area contributed by atoms with Crippen LogP contribution in [0.4, 0.5) is 10.1 Å². The Morgan fingerprint density at radius 3 is 2.67 bits per heavy atom. The van der Waals surface area contributed by atoms with Crippen molar-refractivity contribution in [2.24, 2.45) is 0 Å². The first-order valence-electron chi connectivity index (χ1n) is 11.3. The lowest BCUT2D eigenvalue weighted by Gasteiger charge is -2.30. The summed E-state index contributed by atoms with van der Waals surface area (Å²) in [7, 11) is 3.20. The van der Waals surface area contributed by atoms with Gasteiger partial charge in [0.25, 0.3) is 11.9 Å². The summed E-state index contributed by atoms with van der Waals surface area (Å²) in [6.07, 6.45) is 0. The van der Waals surface area contributed by atoms with Gasteiger partial charge < -0.3 is 14.8 Å². The number of ether oxygens (including phenoxy) is 2. The van der Waals surface area contributed by atoms with E-state index in [9.17, 15) is 19.3 Å². The highest BCUT2D eigenvalue weighted by Gasteiger charge is 2.68. The highest BCUT2D eigenvalue weighted by molar-refractivity contribution is 9.10. The third kappa shape index (κ3) is 3.63. The molecule has 36 heavy (non-hydrogen) atoms. The van der Waals surface area contributed by atoms with E-state index in [-0.39, 0.29) is 23.9 Å². The molecule has 1 amide bonds. The van der Waals surface area contributed by atoms with Gasteiger partial charge in [0.05, 0.1) is 17.5 Å². The van der Waals surface area contributed by atoms with Gasteiger partial charge in [0, 0.05) is 28.3 Å². The number of likely N-dealkylation sites (N-methyl/N-ethyl adjacent to an activating group) is 1. The third-order valence-electron chi connectivity index (χ3n) is 7.05. The molecule has 1 N–H and O–H groups in total. The van der Waals surface area contributed by atoms with Crippen LogP contribution in [0.5, 0.6) is 11.5 Å². The number of benzene rings is 3. The molecule has 2 heterocycles. The second-order valence-electron chi connectivity index (χ2n) is 8.90. The predicted octanol–water partition coefficient (Wildman–Crippen LogP) is 4.70. The Bertz CT molecular complexity index is 1370. The molecule has 8 nitrogen and oxygen atoms in total. The Hall–Kier alpha value is -3.50. The zero-order valence-corrected chi connectivity index (χ0v) is 21.1. The van der Waals surface area contributed by atoms with Crippen LogP contribution in [0.3, 0.4) is 0 Å². The van der Waals surface area contributed by atoms with Crippen molar-refractivity contribution in [2.75, 3.05) is 26.0 Å². The molecular formula is C26H23BrFN3O5. The van der Waals surface area contributed by atoms with E-state index in [1.165, 1.54) is 13.2 Å². The number of amides is 1. The number of hydrogen-bond donors (Lipinski definition) is 1. The smallest absolute Gasteiger partial charge is 0.256 e. The summed E-state index contributed by atoms with van der Waals surface area (Å²) < 4.78 is 26.0. The number of anilines is 1. The van der Waals surface area contributed by atoms with Crippen LogP contribution in [-0.2, 0) is 16.9 Å². The summed E-state index contributed by atoms with van der Waals surface area (Å²) >= 11 is 3.50. The van der Waals surface area contributed by atoms with Crippen LogP contribution in [0, 0.1) is 15.9 Å². The topological polar surface area (TPSA) is 93.9 Å².